The average Bonchev–Trinajstić information content (AvgIpc) is 3.38. The first-order valence-corrected chi connectivity index (χ1v) is 11.4. The highest BCUT2D eigenvalue weighted by Gasteiger charge is 2.31. The predicted molar refractivity (Wildman–Crippen MR) is 128 cm³/mol. The number of hydrogen-bond donors (Lipinski definition) is 3. The summed E-state index contributed by atoms with van der Waals surface area (Å²) in [5, 5.41) is 13.9. The maximum atomic E-state index is 9.75. The van der Waals surface area contributed by atoms with Crippen LogP contribution in [0.5, 0.6) is 0 Å². The summed E-state index contributed by atoms with van der Waals surface area (Å²) >= 11 is 1.58. The van der Waals surface area contributed by atoms with Crippen LogP contribution in [0, 0.1) is 13.8 Å². The molecule has 164 valence electrons. The van der Waals surface area contributed by atoms with E-state index >= 15 is 0 Å². The molecule has 0 saturated carbocycles. The highest BCUT2D eigenvalue weighted by molar-refractivity contribution is 7.21. The Morgan fingerprint density at radius 1 is 1.16 bits per heavy atom. The number of thiazole rings is 1. The number of aryl methyl sites for hydroxylation is 2. The SMILES string of the molecule is Cc1cccnc1-c1nc2cc(Nc3ccc(C)c(N4C[C@@H](N)C[C@@H]4CO)n3)ncc2s1. The Morgan fingerprint density at radius 3 is 2.84 bits per heavy atom. The van der Waals surface area contributed by atoms with Crippen LogP contribution < -0.4 is 16.0 Å². The van der Waals surface area contributed by atoms with Gasteiger partial charge in [-0.25, -0.2) is 15.0 Å². The first-order chi connectivity index (χ1) is 15.5. The van der Waals surface area contributed by atoms with E-state index in [-0.39, 0.29) is 18.7 Å². The maximum absolute atomic E-state index is 9.75. The van der Waals surface area contributed by atoms with E-state index in [1.54, 1.807) is 17.5 Å². The molecule has 0 bridgehead atoms. The summed E-state index contributed by atoms with van der Waals surface area (Å²) in [6.45, 7) is 4.80. The quantitative estimate of drug-likeness (QED) is 0.427. The van der Waals surface area contributed by atoms with Gasteiger partial charge in [0.05, 0.1) is 22.9 Å². The Labute approximate surface area is 190 Å². The lowest BCUT2D eigenvalue weighted by Gasteiger charge is -2.26. The monoisotopic (exact) mass is 447 g/mol. The van der Waals surface area contributed by atoms with Crippen molar-refractivity contribution in [2.45, 2.75) is 32.4 Å². The zero-order valence-electron chi connectivity index (χ0n) is 18.0. The zero-order chi connectivity index (χ0) is 22.2. The summed E-state index contributed by atoms with van der Waals surface area (Å²) in [6, 6.07) is 9.87. The van der Waals surface area contributed by atoms with E-state index in [2.05, 4.69) is 20.2 Å². The van der Waals surface area contributed by atoms with Crippen molar-refractivity contribution >= 4 is 39.0 Å². The van der Waals surface area contributed by atoms with Gasteiger partial charge in [-0.05, 0) is 43.5 Å². The van der Waals surface area contributed by atoms with Gasteiger partial charge in [0.25, 0.3) is 0 Å². The van der Waals surface area contributed by atoms with Crippen LogP contribution in [0.3, 0.4) is 0 Å². The minimum atomic E-state index is -0.00981. The molecule has 9 heteroatoms. The molecule has 1 saturated heterocycles. The fraction of sp³-hybridized carbons (Fsp3) is 0.304. The molecule has 1 aliphatic rings. The third-order valence-electron chi connectivity index (χ3n) is 5.74. The van der Waals surface area contributed by atoms with Crippen LogP contribution >= 0.6 is 11.3 Å². The molecule has 0 aliphatic carbocycles. The first-order valence-electron chi connectivity index (χ1n) is 10.6. The minimum absolute atomic E-state index is 0.00981. The molecule has 4 N–H and O–H groups in total. The van der Waals surface area contributed by atoms with Gasteiger partial charge in [0, 0.05) is 31.0 Å². The van der Waals surface area contributed by atoms with Crippen molar-refractivity contribution in [1.82, 2.24) is 19.9 Å². The molecule has 5 rings (SSSR count). The number of nitrogens with zero attached hydrogens (tertiary/aromatic N) is 5. The Hall–Kier alpha value is -3.14. The highest BCUT2D eigenvalue weighted by atomic mass is 32.1. The smallest absolute Gasteiger partial charge is 0.143 e. The summed E-state index contributed by atoms with van der Waals surface area (Å²) in [5.74, 6) is 2.20. The molecule has 4 aromatic heterocycles. The Morgan fingerprint density at radius 2 is 2.03 bits per heavy atom. The lowest BCUT2D eigenvalue weighted by molar-refractivity contribution is 0.265. The van der Waals surface area contributed by atoms with Gasteiger partial charge in [0.1, 0.15) is 28.2 Å². The van der Waals surface area contributed by atoms with E-state index in [1.807, 2.05) is 50.4 Å². The normalized spacial score (nSPS) is 18.4. The average molecular weight is 448 g/mol. The van der Waals surface area contributed by atoms with E-state index in [9.17, 15) is 5.11 Å². The van der Waals surface area contributed by atoms with Gasteiger partial charge in [-0.3, -0.25) is 4.98 Å². The van der Waals surface area contributed by atoms with E-state index in [1.165, 1.54) is 0 Å². The van der Waals surface area contributed by atoms with Gasteiger partial charge in [-0.2, -0.15) is 0 Å². The topological polar surface area (TPSA) is 113 Å². The van der Waals surface area contributed by atoms with Crippen molar-refractivity contribution in [3.05, 3.63) is 53.9 Å². The second kappa shape index (κ2) is 8.42. The van der Waals surface area contributed by atoms with Crippen LogP contribution in [0.15, 0.2) is 42.7 Å². The number of aliphatic hydroxyl groups is 1. The Balaban J connectivity index is 1.43. The molecule has 1 aliphatic heterocycles. The molecule has 0 unspecified atom stereocenters. The predicted octanol–water partition coefficient (Wildman–Crippen LogP) is 3.41. The number of pyridine rings is 3. The highest BCUT2D eigenvalue weighted by Crippen LogP contribution is 2.32. The minimum Gasteiger partial charge on any atom is -0.394 e. The van der Waals surface area contributed by atoms with E-state index in [0.717, 1.165) is 44.3 Å². The van der Waals surface area contributed by atoms with Gasteiger partial charge < -0.3 is 21.1 Å². The van der Waals surface area contributed by atoms with Crippen molar-refractivity contribution in [2.75, 3.05) is 23.4 Å². The van der Waals surface area contributed by atoms with Crippen LogP contribution in [0.4, 0.5) is 17.5 Å². The molecule has 0 amide bonds. The van der Waals surface area contributed by atoms with Crippen LogP contribution in [0.25, 0.3) is 20.9 Å². The summed E-state index contributed by atoms with van der Waals surface area (Å²) in [6.07, 6.45) is 4.37. The van der Waals surface area contributed by atoms with Gasteiger partial charge >= 0.3 is 0 Å². The molecule has 2 atom stereocenters. The number of nitrogens with one attached hydrogen (secondary N) is 1. The summed E-state index contributed by atoms with van der Waals surface area (Å²) < 4.78 is 1.00. The van der Waals surface area contributed by atoms with Crippen molar-refractivity contribution < 1.29 is 5.11 Å². The van der Waals surface area contributed by atoms with Gasteiger partial charge in [0.15, 0.2) is 0 Å². The third-order valence-corrected chi connectivity index (χ3v) is 6.76. The van der Waals surface area contributed by atoms with Crippen LogP contribution in [-0.2, 0) is 0 Å². The van der Waals surface area contributed by atoms with Crippen LogP contribution in [0.1, 0.15) is 17.5 Å². The Bertz CT molecular complexity index is 1270. The number of fused-ring (bicyclic) bond motifs is 1. The molecule has 32 heavy (non-hydrogen) atoms. The molecular weight excluding hydrogens is 422 g/mol. The van der Waals surface area contributed by atoms with Crippen molar-refractivity contribution in [1.29, 1.82) is 0 Å². The molecule has 4 aromatic rings. The summed E-state index contributed by atoms with van der Waals surface area (Å²) in [4.78, 5) is 20.7. The fourth-order valence-corrected chi connectivity index (χ4v) is 5.09. The van der Waals surface area contributed by atoms with Crippen LogP contribution in [-0.4, -0.2) is 50.3 Å². The van der Waals surface area contributed by atoms with Gasteiger partial charge in [-0.15, -0.1) is 11.3 Å². The van der Waals surface area contributed by atoms with E-state index in [0.29, 0.717) is 18.2 Å². The number of rotatable bonds is 5. The lowest BCUT2D eigenvalue weighted by atomic mass is 10.2. The second-order valence-corrected chi connectivity index (χ2v) is 9.20. The molecular formula is C23H25N7OS. The molecule has 5 heterocycles. The fourth-order valence-electron chi connectivity index (χ4n) is 4.11. The van der Waals surface area contributed by atoms with E-state index < -0.39 is 0 Å². The molecule has 0 aromatic carbocycles. The van der Waals surface area contributed by atoms with Crippen molar-refractivity contribution in [2.24, 2.45) is 5.73 Å². The summed E-state index contributed by atoms with van der Waals surface area (Å²) in [7, 11) is 0. The number of aliphatic hydroxyl groups excluding tert-OH is 1. The molecule has 0 radical (unpaired) electrons. The first kappa shape index (κ1) is 20.7. The zero-order valence-corrected chi connectivity index (χ0v) is 18.8. The van der Waals surface area contributed by atoms with Crippen molar-refractivity contribution in [3.63, 3.8) is 0 Å². The summed E-state index contributed by atoms with van der Waals surface area (Å²) in [5.41, 5.74) is 10.0. The van der Waals surface area contributed by atoms with Crippen LogP contribution in [0.2, 0.25) is 0 Å². The number of hydrogen-bond acceptors (Lipinski definition) is 9. The number of anilines is 3. The van der Waals surface area contributed by atoms with Crippen molar-refractivity contribution in [3.8, 4) is 10.7 Å². The van der Waals surface area contributed by atoms with Gasteiger partial charge in [0.2, 0.25) is 0 Å². The second-order valence-electron chi connectivity index (χ2n) is 8.17. The number of aromatic nitrogens is 4. The maximum Gasteiger partial charge on any atom is 0.143 e. The standard InChI is InChI=1S/C23H25N7OS/c1-13-4-3-7-25-21(13)23-27-17-9-20(26-10-18(17)32-23)28-19-6-5-14(2)22(29-19)30-11-15(24)8-16(30)12-31/h3-7,9-10,15-16,31H,8,11-12,24H2,1-2H3,(H,26,28,29)/t15-,16+/m0/s1. The molecule has 8 nitrogen and oxygen atoms in total. The van der Waals surface area contributed by atoms with E-state index in [4.69, 9.17) is 15.7 Å². The molecule has 0 spiro atoms. The number of nitrogens with two attached hydrogens (primary N) is 1. The lowest BCUT2D eigenvalue weighted by Crippen LogP contribution is -2.34. The van der Waals surface area contributed by atoms with Gasteiger partial charge in [-0.1, -0.05) is 12.1 Å². The Kier molecular flexibility index (Phi) is 5.46. The largest absolute Gasteiger partial charge is 0.394 e. The molecule has 1 fully saturated rings. The third kappa shape index (κ3) is 3.90.